The predicted octanol–water partition coefficient (Wildman–Crippen LogP) is 4.91. The van der Waals surface area contributed by atoms with Crippen LogP contribution in [-0.2, 0) is 10.0 Å². The number of sulfonamides is 1. The van der Waals surface area contributed by atoms with E-state index in [0.29, 0.717) is 11.5 Å². The Balaban J connectivity index is 1.47. The van der Waals surface area contributed by atoms with Crippen LogP contribution in [0.1, 0.15) is 52.0 Å². The van der Waals surface area contributed by atoms with Crippen LogP contribution in [0.15, 0.2) is 48.5 Å². The molecule has 0 atom stereocenters. The molecule has 2 aromatic rings. The molecule has 0 amide bonds. The maximum atomic E-state index is 12.3. The van der Waals surface area contributed by atoms with Gasteiger partial charge in [0.25, 0.3) is 0 Å². The molecule has 0 aromatic heterocycles. The molecule has 1 aliphatic rings. The lowest BCUT2D eigenvalue weighted by atomic mass is 9.86. The van der Waals surface area contributed by atoms with Gasteiger partial charge in [0.1, 0.15) is 0 Å². The summed E-state index contributed by atoms with van der Waals surface area (Å²) in [6.07, 6.45) is 3.82. The molecular weight excluding hydrogens is 394 g/mol. The summed E-state index contributed by atoms with van der Waals surface area (Å²) in [5, 5.41) is 12.4. The molecular formula is C24H31N3O2S. The third-order valence-electron chi connectivity index (χ3n) is 5.80. The number of hydrogen-bond acceptors (Lipinski definition) is 4. The van der Waals surface area contributed by atoms with Crippen LogP contribution in [-0.4, -0.2) is 25.8 Å². The van der Waals surface area contributed by atoms with Crippen LogP contribution in [0, 0.1) is 17.2 Å². The molecule has 0 bridgehead atoms. The van der Waals surface area contributed by atoms with Gasteiger partial charge in [0, 0.05) is 18.3 Å². The summed E-state index contributed by atoms with van der Waals surface area (Å²) in [6, 6.07) is 18.1. The molecule has 5 nitrogen and oxygen atoms in total. The van der Waals surface area contributed by atoms with E-state index in [1.54, 1.807) is 20.8 Å². The summed E-state index contributed by atoms with van der Waals surface area (Å²) in [5.41, 5.74) is 3.97. The van der Waals surface area contributed by atoms with Crippen molar-refractivity contribution in [3.8, 4) is 17.2 Å². The van der Waals surface area contributed by atoms with Crippen molar-refractivity contribution in [2.45, 2.75) is 57.2 Å². The van der Waals surface area contributed by atoms with Crippen molar-refractivity contribution in [3.63, 3.8) is 0 Å². The van der Waals surface area contributed by atoms with Gasteiger partial charge in [0.2, 0.25) is 10.0 Å². The number of benzene rings is 2. The van der Waals surface area contributed by atoms with Crippen molar-refractivity contribution >= 4 is 15.7 Å². The first-order valence-electron chi connectivity index (χ1n) is 10.5. The molecule has 0 aliphatic heterocycles. The number of nitriles is 1. The normalized spacial score (nSPS) is 19.8. The van der Waals surface area contributed by atoms with Crippen LogP contribution in [0.25, 0.3) is 11.1 Å². The zero-order chi connectivity index (χ0) is 21.8. The van der Waals surface area contributed by atoms with Gasteiger partial charge in [-0.2, -0.15) is 5.26 Å². The molecule has 30 heavy (non-hydrogen) atoms. The Bertz CT molecular complexity index is 977. The van der Waals surface area contributed by atoms with Gasteiger partial charge in [-0.15, -0.1) is 0 Å². The molecule has 0 spiro atoms. The summed E-state index contributed by atoms with van der Waals surface area (Å²) in [5.74, 6) is 0.554. The zero-order valence-electron chi connectivity index (χ0n) is 18.0. The first-order chi connectivity index (χ1) is 14.2. The third kappa shape index (κ3) is 5.62. The summed E-state index contributed by atoms with van der Waals surface area (Å²) in [6.45, 7) is 6.10. The highest BCUT2D eigenvalue weighted by Crippen LogP contribution is 2.27. The Morgan fingerprint density at radius 3 is 1.97 bits per heavy atom. The third-order valence-corrected chi connectivity index (χ3v) is 8.06. The van der Waals surface area contributed by atoms with E-state index < -0.39 is 14.8 Å². The minimum atomic E-state index is -3.28. The van der Waals surface area contributed by atoms with Crippen molar-refractivity contribution < 1.29 is 8.42 Å². The van der Waals surface area contributed by atoms with E-state index in [1.807, 2.05) is 24.3 Å². The SMILES string of the molecule is CC(C)(C)S(=O)(=O)NC1CCC(CNc2ccc(-c3ccc(C#N)cc3)cc2)CC1. The molecule has 1 fully saturated rings. The Morgan fingerprint density at radius 2 is 1.47 bits per heavy atom. The van der Waals surface area contributed by atoms with E-state index in [1.165, 1.54) is 0 Å². The van der Waals surface area contributed by atoms with Gasteiger partial charge >= 0.3 is 0 Å². The molecule has 3 rings (SSSR count). The summed E-state index contributed by atoms with van der Waals surface area (Å²) in [7, 11) is -3.28. The second kappa shape index (κ2) is 9.20. The fourth-order valence-electron chi connectivity index (χ4n) is 3.66. The van der Waals surface area contributed by atoms with Crippen LogP contribution in [0.3, 0.4) is 0 Å². The van der Waals surface area contributed by atoms with Gasteiger partial charge in [-0.1, -0.05) is 24.3 Å². The van der Waals surface area contributed by atoms with Crippen molar-refractivity contribution in [1.82, 2.24) is 4.72 Å². The van der Waals surface area contributed by atoms with Crippen molar-refractivity contribution in [1.29, 1.82) is 5.26 Å². The zero-order valence-corrected chi connectivity index (χ0v) is 18.8. The number of rotatable bonds is 6. The van der Waals surface area contributed by atoms with E-state index >= 15 is 0 Å². The lowest BCUT2D eigenvalue weighted by molar-refractivity contribution is 0.322. The van der Waals surface area contributed by atoms with E-state index in [4.69, 9.17) is 5.26 Å². The van der Waals surface area contributed by atoms with Crippen LogP contribution >= 0.6 is 0 Å². The summed E-state index contributed by atoms with van der Waals surface area (Å²) >= 11 is 0. The lowest BCUT2D eigenvalue weighted by Crippen LogP contribution is -2.46. The van der Waals surface area contributed by atoms with Crippen molar-refractivity contribution in [2.75, 3.05) is 11.9 Å². The lowest BCUT2D eigenvalue weighted by Gasteiger charge is -2.31. The summed E-state index contributed by atoms with van der Waals surface area (Å²) < 4.78 is 26.8. The number of nitrogens with zero attached hydrogens (tertiary/aromatic N) is 1. The monoisotopic (exact) mass is 425 g/mol. The first-order valence-corrected chi connectivity index (χ1v) is 12.0. The maximum Gasteiger partial charge on any atom is 0.216 e. The van der Waals surface area contributed by atoms with Crippen molar-refractivity contribution in [3.05, 3.63) is 54.1 Å². The molecule has 160 valence electrons. The van der Waals surface area contributed by atoms with Crippen LogP contribution < -0.4 is 10.0 Å². The van der Waals surface area contributed by atoms with Gasteiger partial charge in [-0.3, -0.25) is 0 Å². The minimum Gasteiger partial charge on any atom is -0.385 e. The molecule has 0 heterocycles. The molecule has 0 radical (unpaired) electrons. The molecule has 2 aromatic carbocycles. The van der Waals surface area contributed by atoms with Crippen LogP contribution in [0.2, 0.25) is 0 Å². The smallest absolute Gasteiger partial charge is 0.216 e. The standard InChI is InChI=1S/C24H31N3O2S/c1-24(2,3)30(28,29)27-23-12-6-19(7-13-23)17-26-22-14-10-21(11-15-22)20-8-4-18(16-25)5-9-20/h4-5,8-11,14-15,19,23,26-27H,6-7,12-13,17H2,1-3H3. The first kappa shape index (κ1) is 22.3. The van der Waals surface area contributed by atoms with Gasteiger partial charge < -0.3 is 5.32 Å². The van der Waals surface area contributed by atoms with Gasteiger partial charge in [-0.05, 0) is 87.8 Å². The van der Waals surface area contributed by atoms with Crippen LogP contribution in [0.5, 0.6) is 0 Å². The fraction of sp³-hybridized carbons (Fsp3) is 0.458. The number of nitrogens with one attached hydrogen (secondary N) is 2. The molecule has 0 saturated heterocycles. The van der Waals surface area contributed by atoms with E-state index in [0.717, 1.165) is 49.0 Å². The van der Waals surface area contributed by atoms with E-state index in [-0.39, 0.29) is 6.04 Å². The average molecular weight is 426 g/mol. The largest absolute Gasteiger partial charge is 0.385 e. The van der Waals surface area contributed by atoms with Crippen molar-refractivity contribution in [2.24, 2.45) is 5.92 Å². The quantitative estimate of drug-likeness (QED) is 0.689. The Morgan fingerprint density at radius 1 is 0.933 bits per heavy atom. The van der Waals surface area contributed by atoms with E-state index in [2.05, 4.69) is 40.4 Å². The molecule has 2 N–H and O–H groups in total. The number of hydrogen-bond donors (Lipinski definition) is 2. The van der Waals surface area contributed by atoms with Crippen LogP contribution in [0.4, 0.5) is 5.69 Å². The Hall–Kier alpha value is -2.36. The minimum absolute atomic E-state index is 0.0529. The van der Waals surface area contributed by atoms with E-state index in [9.17, 15) is 8.42 Å². The predicted molar refractivity (Wildman–Crippen MR) is 123 cm³/mol. The topological polar surface area (TPSA) is 82.0 Å². The summed E-state index contributed by atoms with van der Waals surface area (Å²) in [4.78, 5) is 0. The maximum absolute atomic E-state index is 12.3. The molecule has 6 heteroatoms. The molecule has 1 saturated carbocycles. The molecule has 1 aliphatic carbocycles. The molecule has 0 unspecified atom stereocenters. The second-order valence-electron chi connectivity index (χ2n) is 9.10. The number of anilines is 1. The van der Waals surface area contributed by atoms with Gasteiger partial charge in [0.15, 0.2) is 0 Å². The van der Waals surface area contributed by atoms with Gasteiger partial charge in [0.05, 0.1) is 16.4 Å². The highest BCUT2D eigenvalue weighted by Gasteiger charge is 2.32. The Kier molecular flexibility index (Phi) is 6.84. The average Bonchev–Trinajstić information content (AvgIpc) is 2.73. The van der Waals surface area contributed by atoms with Gasteiger partial charge in [-0.25, -0.2) is 13.1 Å². The highest BCUT2D eigenvalue weighted by molar-refractivity contribution is 7.90. The Labute approximate surface area is 180 Å². The fourth-order valence-corrected chi connectivity index (χ4v) is 4.69. The highest BCUT2D eigenvalue weighted by atomic mass is 32.2. The second-order valence-corrected chi connectivity index (χ2v) is 11.6.